The molecule has 1 aromatic rings. The minimum absolute atomic E-state index is 0.0829. The van der Waals surface area contributed by atoms with Gasteiger partial charge < -0.3 is 5.32 Å². The van der Waals surface area contributed by atoms with E-state index < -0.39 is 0 Å². The smallest absolute Gasteiger partial charge is 0.232 e. The van der Waals surface area contributed by atoms with Crippen LogP contribution >= 0.6 is 11.6 Å². The predicted octanol–water partition coefficient (Wildman–Crippen LogP) is 2.64. The van der Waals surface area contributed by atoms with Crippen molar-refractivity contribution in [1.29, 1.82) is 0 Å². The van der Waals surface area contributed by atoms with E-state index in [-0.39, 0.29) is 22.9 Å². The monoisotopic (exact) mass is 298 g/mol. The fraction of sp³-hybridized carbons (Fsp3) is 0.538. The van der Waals surface area contributed by atoms with Crippen molar-refractivity contribution in [2.75, 3.05) is 10.6 Å². The summed E-state index contributed by atoms with van der Waals surface area (Å²) in [7, 11) is 0. The Morgan fingerprint density at radius 2 is 1.75 bits per heavy atom. The van der Waals surface area contributed by atoms with Crippen LogP contribution in [0, 0.1) is 5.92 Å². The first-order chi connectivity index (χ1) is 9.29. The third kappa shape index (κ3) is 5.13. The van der Waals surface area contributed by atoms with Crippen LogP contribution in [0.15, 0.2) is 0 Å². The van der Waals surface area contributed by atoms with Crippen molar-refractivity contribution in [1.82, 2.24) is 9.97 Å². The van der Waals surface area contributed by atoms with Crippen LogP contribution in [0.25, 0.3) is 0 Å². The summed E-state index contributed by atoms with van der Waals surface area (Å²) < 4.78 is 0. The summed E-state index contributed by atoms with van der Waals surface area (Å²) in [6.45, 7) is 6.93. The zero-order chi connectivity index (χ0) is 15.3. The molecule has 2 N–H and O–H groups in total. The van der Waals surface area contributed by atoms with Crippen LogP contribution in [0.5, 0.6) is 0 Å². The third-order valence-electron chi connectivity index (χ3n) is 2.51. The number of anilines is 2. The highest BCUT2D eigenvalue weighted by Gasteiger charge is 2.15. The zero-order valence-corrected chi connectivity index (χ0v) is 12.8. The van der Waals surface area contributed by atoms with Crippen molar-refractivity contribution in [2.45, 2.75) is 40.5 Å². The van der Waals surface area contributed by atoms with Crippen molar-refractivity contribution in [3.63, 3.8) is 0 Å². The van der Waals surface area contributed by atoms with Gasteiger partial charge in [0, 0.05) is 19.4 Å². The van der Waals surface area contributed by atoms with E-state index in [0.29, 0.717) is 23.7 Å². The molecule has 0 fully saturated rings. The molecule has 0 aliphatic heterocycles. The summed E-state index contributed by atoms with van der Waals surface area (Å²) in [6.07, 6.45) is 1.56. The lowest BCUT2D eigenvalue weighted by Gasteiger charge is -2.13. The lowest BCUT2D eigenvalue weighted by Crippen LogP contribution is -2.15. The van der Waals surface area contributed by atoms with Gasteiger partial charge in [-0.05, 0) is 18.8 Å². The van der Waals surface area contributed by atoms with Gasteiger partial charge in [0.1, 0.15) is 11.0 Å². The molecule has 0 aliphatic carbocycles. The second-order valence-electron chi connectivity index (χ2n) is 4.96. The van der Waals surface area contributed by atoms with E-state index in [2.05, 4.69) is 34.4 Å². The molecule has 0 atom stereocenters. The molecular weight excluding hydrogens is 280 g/mol. The molecule has 0 aromatic carbocycles. The Hall–Kier alpha value is -1.69. The highest BCUT2D eigenvalue weighted by atomic mass is 35.5. The second-order valence-corrected chi connectivity index (χ2v) is 5.32. The Morgan fingerprint density at radius 1 is 1.15 bits per heavy atom. The van der Waals surface area contributed by atoms with Crippen LogP contribution in [-0.2, 0) is 16.0 Å². The van der Waals surface area contributed by atoms with Crippen molar-refractivity contribution in [3.8, 4) is 0 Å². The molecule has 0 aliphatic rings. The number of nitrogens with one attached hydrogen (secondary N) is 2. The standard InChI is InChI=1S/C13H19ClN4O2/c1-7(2)5-6-10-11(14)17-13(16-9(4)20)18-12(10)15-8(3)19/h7H,5-6H2,1-4H3,(H2,15,16,17,18,19,20). The number of carbonyl (C=O) groups is 2. The Bertz CT molecular complexity index is 517. The Balaban J connectivity index is 3.12. The molecule has 6 nitrogen and oxygen atoms in total. The lowest BCUT2D eigenvalue weighted by molar-refractivity contribution is -0.115. The van der Waals surface area contributed by atoms with Gasteiger partial charge in [-0.1, -0.05) is 25.4 Å². The normalized spacial score (nSPS) is 10.5. The number of aromatic nitrogens is 2. The molecule has 0 radical (unpaired) electrons. The van der Waals surface area contributed by atoms with Crippen LogP contribution in [0.4, 0.5) is 11.8 Å². The largest absolute Gasteiger partial charge is 0.311 e. The van der Waals surface area contributed by atoms with Crippen molar-refractivity contribution >= 4 is 35.2 Å². The number of halogens is 1. The first kappa shape index (κ1) is 16.4. The van der Waals surface area contributed by atoms with Crippen LogP contribution < -0.4 is 10.6 Å². The van der Waals surface area contributed by atoms with Crippen LogP contribution in [-0.4, -0.2) is 21.8 Å². The van der Waals surface area contributed by atoms with Crippen molar-refractivity contribution < 1.29 is 9.59 Å². The average molecular weight is 299 g/mol. The maximum absolute atomic E-state index is 11.2. The zero-order valence-electron chi connectivity index (χ0n) is 12.1. The first-order valence-electron chi connectivity index (χ1n) is 6.41. The number of amides is 2. The summed E-state index contributed by atoms with van der Waals surface area (Å²) >= 11 is 6.13. The molecule has 0 saturated heterocycles. The molecular formula is C13H19ClN4O2. The van der Waals surface area contributed by atoms with Gasteiger partial charge in [-0.3, -0.25) is 14.9 Å². The van der Waals surface area contributed by atoms with E-state index in [9.17, 15) is 9.59 Å². The van der Waals surface area contributed by atoms with Gasteiger partial charge in [-0.2, -0.15) is 4.98 Å². The third-order valence-corrected chi connectivity index (χ3v) is 2.82. The number of carbonyl (C=O) groups excluding carboxylic acids is 2. The van der Waals surface area contributed by atoms with Gasteiger partial charge in [-0.25, -0.2) is 4.98 Å². The van der Waals surface area contributed by atoms with Crippen LogP contribution in [0.2, 0.25) is 5.15 Å². The fourth-order valence-electron chi connectivity index (χ4n) is 1.59. The van der Waals surface area contributed by atoms with Crippen LogP contribution in [0.3, 0.4) is 0 Å². The molecule has 0 bridgehead atoms. The number of rotatable bonds is 5. The SMILES string of the molecule is CC(=O)Nc1nc(Cl)c(CCC(C)C)c(NC(C)=O)n1. The van der Waals surface area contributed by atoms with Crippen LogP contribution in [0.1, 0.15) is 39.7 Å². The topological polar surface area (TPSA) is 84.0 Å². The molecule has 1 aromatic heterocycles. The summed E-state index contributed by atoms with van der Waals surface area (Å²) in [5.74, 6) is 0.372. The summed E-state index contributed by atoms with van der Waals surface area (Å²) in [4.78, 5) is 30.4. The maximum atomic E-state index is 11.2. The molecule has 110 valence electrons. The van der Waals surface area contributed by atoms with Gasteiger partial charge in [-0.15, -0.1) is 0 Å². The fourth-order valence-corrected chi connectivity index (χ4v) is 1.86. The Kier molecular flexibility index (Phi) is 5.88. The average Bonchev–Trinajstić information content (AvgIpc) is 2.25. The summed E-state index contributed by atoms with van der Waals surface area (Å²) in [5.41, 5.74) is 0.685. The predicted molar refractivity (Wildman–Crippen MR) is 78.8 cm³/mol. The van der Waals surface area contributed by atoms with Gasteiger partial charge in [0.2, 0.25) is 17.8 Å². The van der Waals surface area contributed by atoms with Crippen molar-refractivity contribution in [3.05, 3.63) is 10.7 Å². The molecule has 0 spiro atoms. The number of hydrogen-bond acceptors (Lipinski definition) is 4. The lowest BCUT2D eigenvalue weighted by atomic mass is 10.0. The molecule has 2 amide bonds. The molecule has 0 unspecified atom stereocenters. The minimum atomic E-state index is -0.301. The van der Waals surface area contributed by atoms with E-state index in [1.54, 1.807) is 0 Å². The molecule has 7 heteroatoms. The highest BCUT2D eigenvalue weighted by molar-refractivity contribution is 6.30. The van der Waals surface area contributed by atoms with E-state index in [4.69, 9.17) is 11.6 Å². The van der Waals surface area contributed by atoms with Gasteiger partial charge in [0.05, 0.1) is 0 Å². The first-order valence-corrected chi connectivity index (χ1v) is 6.79. The Morgan fingerprint density at radius 3 is 2.25 bits per heavy atom. The number of nitrogens with zero attached hydrogens (tertiary/aromatic N) is 2. The molecule has 20 heavy (non-hydrogen) atoms. The van der Waals surface area contributed by atoms with Gasteiger partial charge in [0.15, 0.2) is 0 Å². The van der Waals surface area contributed by atoms with E-state index in [1.807, 2.05) is 0 Å². The quantitative estimate of drug-likeness (QED) is 0.819. The molecule has 0 saturated carbocycles. The van der Waals surface area contributed by atoms with E-state index >= 15 is 0 Å². The Labute approximate surface area is 123 Å². The number of hydrogen-bond donors (Lipinski definition) is 2. The minimum Gasteiger partial charge on any atom is -0.311 e. The summed E-state index contributed by atoms with van der Waals surface area (Å²) in [5, 5.41) is 5.32. The van der Waals surface area contributed by atoms with Crippen molar-refractivity contribution in [2.24, 2.45) is 5.92 Å². The molecule has 1 rings (SSSR count). The highest BCUT2D eigenvalue weighted by Crippen LogP contribution is 2.25. The van der Waals surface area contributed by atoms with E-state index in [0.717, 1.165) is 6.42 Å². The molecule has 1 heterocycles. The van der Waals surface area contributed by atoms with Gasteiger partial charge >= 0.3 is 0 Å². The van der Waals surface area contributed by atoms with Gasteiger partial charge in [0.25, 0.3) is 0 Å². The van der Waals surface area contributed by atoms with E-state index in [1.165, 1.54) is 13.8 Å². The summed E-state index contributed by atoms with van der Waals surface area (Å²) in [6, 6.07) is 0. The second kappa shape index (κ2) is 7.19. The maximum Gasteiger partial charge on any atom is 0.232 e.